The third-order valence-corrected chi connectivity index (χ3v) is 10.5. The normalized spacial score (nSPS) is 20.0. The fourth-order valence-corrected chi connectivity index (χ4v) is 7.85. The second-order valence-electron chi connectivity index (χ2n) is 13.6. The lowest BCUT2D eigenvalue weighted by atomic mass is 9.60. The van der Waals surface area contributed by atoms with Crippen LogP contribution in [0.2, 0.25) is 0 Å². The highest BCUT2D eigenvalue weighted by Crippen LogP contribution is 2.52. The number of nitrogens with zero attached hydrogens (tertiary/aromatic N) is 4. The van der Waals surface area contributed by atoms with E-state index in [1.54, 1.807) is 26.4 Å². The zero-order valence-corrected chi connectivity index (χ0v) is 26.4. The predicted octanol–water partition coefficient (Wildman–Crippen LogP) is 5.99. The van der Waals surface area contributed by atoms with E-state index in [2.05, 4.69) is 36.8 Å². The molecule has 1 N–H and O–H groups in total. The minimum Gasteiger partial charge on any atom is -0.496 e. The maximum absolute atomic E-state index is 14.1. The molecular formula is C36H40FN5O4. The first-order valence-electron chi connectivity index (χ1n) is 16.3. The summed E-state index contributed by atoms with van der Waals surface area (Å²) in [4.78, 5) is 26.4. The van der Waals surface area contributed by atoms with Gasteiger partial charge in [0.2, 0.25) is 0 Å². The summed E-state index contributed by atoms with van der Waals surface area (Å²) in [5.41, 5.74) is 4.79. The van der Waals surface area contributed by atoms with Crippen molar-refractivity contribution in [2.75, 3.05) is 58.4 Å². The molecule has 0 radical (unpaired) electrons. The Hall–Kier alpha value is -4.15. The maximum Gasteiger partial charge on any atom is 0.153 e. The van der Waals surface area contributed by atoms with Gasteiger partial charge in [-0.1, -0.05) is 0 Å². The molecular weight excluding hydrogens is 585 g/mol. The zero-order valence-electron chi connectivity index (χ0n) is 26.4. The van der Waals surface area contributed by atoms with Crippen molar-refractivity contribution < 1.29 is 23.4 Å². The molecule has 0 unspecified atom stereocenters. The number of aldehydes is 1. The van der Waals surface area contributed by atoms with Gasteiger partial charge < -0.3 is 24.1 Å². The topological polar surface area (TPSA) is 83.2 Å². The third-order valence-electron chi connectivity index (χ3n) is 10.5. The number of halogens is 1. The molecule has 4 aliphatic rings. The number of ether oxygens (including phenoxy) is 3. The molecule has 10 heteroatoms. The first-order chi connectivity index (χ1) is 22.4. The second-order valence-corrected chi connectivity index (χ2v) is 13.6. The van der Waals surface area contributed by atoms with Gasteiger partial charge in [-0.3, -0.25) is 14.6 Å². The Morgan fingerprint density at radius 3 is 2.41 bits per heavy atom. The predicted molar refractivity (Wildman–Crippen MR) is 174 cm³/mol. The number of piperazine rings is 1. The van der Waals surface area contributed by atoms with Crippen LogP contribution in [0.1, 0.15) is 53.1 Å². The lowest BCUT2D eigenvalue weighted by Crippen LogP contribution is -2.68. The Morgan fingerprint density at radius 1 is 1.00 bits per heavy atom. The Kier molecular flexibility index (Phi) is 7.37. The summed E-state index contributed by atoms with van der Waals surface area (Å²) in [7, 11) is 3.53. The van der Waals surface area contributed by atoms with E-state index in [1.807, 2.05) is 12.1 Å². The summed E-state index contributed by atoms with van der Waals surface area (Å²) in [5.74, 6) is 2.96. The van der Waals surface area contributed by atoms with E-state index >= 15 is 0 Å². The fourth-order valence-electron chi connectivity index (χ4n) is 7.85. The number of methoxy groups -OCH3 is 2. The van der Waals surface area contributed by atoms with Gasteiger partial charge in [0.05, 0.1) is 31.4 Å². The van der Waals surface area contributed by atoms with E-state index in [0.29, 0.717) is 45.5 Å². The van der Waals surface area contributed by atoms with Gasteiger partial charge in [-0.2, -0.15) is 0 Å². The number of H-pyrrole nitrogens is 1. The van der Waals surface area contributed by atoms with Crippen molar-refractivity contribution in [3.63, 3.8) is 0 Å². The highest BCUT2D eigenvalue weighted by atomic mass is 19.1. The average molecular weight is 626 g/mol. The number of hydrogen-bond acceptors (Lipinski definition) is 8. The van der Waals surface area contributed by atoms with Crippen molar-refractivity contribution in [2.45, 2.75) is 44.2 Å². The standard InChI is InChI=1S/C36H40FN5O4/c1-44-32-11-23(12-33(45-2)34(32)24-3-4-24)19-40-7-9-41(10-8-40)27-15-36(16-27)21-42(22-36)26-6-5-25(20-43)31(13-26)46-28-14-29-30(37)18-39-35(29)38-17-28/h5-6,11-14,17-18,20,24,27H,3-4,7-10,15-16,19,21-22H2,1-2H3,(H,38,39). The smallest absolute Gasteiger partial charge is 0.153 e. The van der Waals surface area contributed by atoms with Crippen LogP contribution in [0.25, 0.3) is 11.0 Å². The summed E-state index contributed by atoms with van der Waals surface area (Å²) in [6.45, 7) is 7.25. The molecule has 4 aromatic rings. The van der Waals surface area contributed by atoms with E-state index < -0.39 is 0 Å². The van der Waals surface area contributed by atoms with Crippen LogP contribution in [0, 0.1) is 11.2 Å². The van der Waals surface area contributed by atoms with Crippen LogP contribution in [-0.4, -0.2) is 85.6 Å². The Balaban J connectivity index is 0.843. The second kappa shape index (κ2) is 11.6. The van der Waals surface area contributed by atoms with Crippen LogP contribution in [0.4, 0.5) is 10.1 Å². The highest BCUT2D eigenvalue weighted by Gasteiger charge is 2.54. The SMILES string of the molecule is COc1cc(CN2CCN(C3CC4(C3)CN(c3ccc(C=O)c(Oc5cnc6[nH]cc(F)c6c5)c3)C4)CC2)cc(OC)c1C1CC1. The monoisotopic (exact) mass is 625 g/mol. The molecule has 1 spiro atoms. The number of pyridine rings is 1. The van der Waals surface area contributed by atoms with Crippen molar-refractivity contribution in [3.05, 3.63) is 71.3 Å². The number of hydrogen-bond donors (Lipinski definition) is 1. The van der Waals surface area contributed by atoms with Crippen molar-refractivity contribution in [1.29, 1.82) is 0 Å². The Labute approximate surface area is 268 Å². The van der Waals surface area contributed by atoms with Crippen molar-refractivity contribution >= 4 is 23.0 Å². The Bertz CT molecular complexity index is 1740. The minimum atomic E-state index is -0.389. The van der Waals surface area contributed by atoms with Crippen molar-refractivity contribution in [2.24, 2.45) is 5.41 Å². The first kappa shape index (κ1) is 29.3. The lowest BCUT2D eigenvalue weighted by molar-refractivity contribution is -0.0380. The molecule has 0 amide bonds. The number of carbonyl (C=O) groups is 1. The van der Waals surface area contributed by atoms with E-state index in [4.69, 9.17) is 14.2 Å². The van der Waals surface area contributed by atoms with E-state index in [1.165, 1.54) is 49.2 Å². The van der Waals surface area contributed by atoms with Gasteiger partial charge in [-0.05, 0) is 67.5 Å². The van der Waals surface area contributed by atoms with E-state index in [0.717, 1.165) is 69.3 Å². The van der Waals surface area contributed by atoms with Gasteiger partial charge in [0.15, 0.2) is 6.29 Å². The molecule has 4 fully saturated rings. The van der Waals surface area contributed by atoms with Crippen LogP contribution in [-0.2, 0) is 6.54 Å². The molecule has 2 aromatic heterocycles. The summed E-state index contributed by atoms with van der Waals surface area (Å²) in [6, 6.07) is 12.4. The number of rotatable bonds is 10. The lowest BCUT2D eigenvalue weighted by Gasteiger charge is -2.62. The molecule has 2 aromatic carbocycles. The zero-order chi connectivity index (χ0) is 31.4. The van der Waals surface area contributed by atoms with Gasteiger partial charge in [0.1, 0.15) is 34.5 Å². The summed E-state index contributed by atoms with van der Waals surface area (Å²) in [5, 5.41) is 0.353. The molecule has 4 heterocycles. The molecule has 240 valence electrons. The van der Waals surface area contributed by atoms with Crippen LogP contribution < -0.4 is 19.1 Å². The van der Waals surface area contributed by atoms with E-state index in [-0.39, 0.29) is 5.82 Å². The first-order valence-corrected chi connectivity index (χ1v) is 16.3. The van der Waals surface area contributed by atoms with Crippen molar-refractivity contribution in [1.82, 2.24) is 19.8 Å². The highest BCUT2D eigenvalue weighted by molar-refractivity contribution is 5.82. The van der Waals surface area contributed by atoms with Crippen LogP contribution in [0.5, 0.6) is 23.0 Å². The molecule has 46 heavy (non-hydrogen) atoms. The summed E-state index contributed by atoms with van der Waals surface area (Å²) < 4.78 is 31.7. The number of fused-ring (bicyclic) bond motifs is 1. The molecule has 2 aliphatic carbocycles. The summed E-state index contributed by atoms with van der Waals surface area (Å²) >= 11 is 0. The molecule has 2 saturated carbocycles. The number of nitrogens with one attached hydrogen (secondary N) is 1. The third kappa shape index (κ3) is 5.37. The van der Waals surface area contributed by atoms with E-state index in [9.17, 15) is 9.18 Å². The molecule has 8 rings (SSSR count). The number of aromatic nitrogens is 2. The van der Waals surface area contributed by atoms with Crippen molar-refractivity contribution in [3.8, 4) is 23.0 Å². The number of anilines is 1. The minimum absolute atomic E-state index is 0.353. The quantitative estimate of drug-likeness (QED) is 0.215. The number of carbonyl (C=O) groups excluding carboxylic acids is 1. The Morgan fingerprint density at radius 2 is 1.74 bits per heavy atom. The van der Waals surface area contributed by atoms with Crippen LogP contribution in [0.3, 0.4) is 0 Å². The maximum atomic E-state index is 14.1. The molecule has 2 saturated heterocycles. The average Bonchev–Trinajstić information content (AvgIpc) is 3.82. The van der Waals surface area contributed by atoms with Gasteiger partial charge >= 0.3 is 0 Å². The number of aromatic amines is 1. The molecule has 9 nitrogen and oxygen atoms in total. The fraction of sp³-hybridized carbons (Fsp3) is 0.444. The number of benzene rings is 2. The van der Waals surface area contributed by atoms with Gasteiger partial charge in [0.25, 0.3) is 0 Å². The molecule has 0 bridgehead atoms. The van der Waals surface area contributed by atoms with Gasteiger partial charge in [0, 0.05) is 80.8 Å². The summed E-state index contributed by atoms with van der Waals surface area (Å²) in [6.07, 6.45) is 8.48. The van der Waals surface area contributed by atoms with Crippen LogP contribution in [0.15, 0.2) is 48.8 Å². The largest absolute Gasteiger partial charge is 0.496 e. The van der Waals surface area contributed by atoms with Crippen LogP contribution >= 0.6 is 0 Å². The van der Waals surface area contributed by atoms with Gasteiger partial charge in [-0.15, -0.1) is 0 Å². The van der Waals surface area contributed by atoms with Gasteiger partial charge in [-0.25, -0.2) is 9.37 Å². The molecule has 0 atom stereocenters. The molecule has 2 aliphatic heterocycles.